The molecule has 0 saturated carbocycles. The molecule has 0 aromatic carbocycles. The second kappa shape index (κ2) is 8.53. The number of rotatable bonds is 8. The molecule has 0 unspecified atom stereocenters. The minimum Gasteiger partial charge on any atom is -0.550 e. The first-order valence-electron chi connectivity index (χ1n) is 5.02. The lowest BCUT2D eigenvalue weighted by molar-refractivity contribution is -0.305. The van der Waals surface area contributed by atoms with Crippen LogP contribution in [-0.2, 0) is 14.3 Å². The lowest BCUT2D eigenvalue weighted by Crippen LogP contribution is -2.22. The van der Waals surface area contributed by atoms with Gasteiger partial charge in [-0.1, -0.05) is 19.8 Å². The van der Waals surface area contributed by atoms with Crippen LogP contribution < -0.4 is 5.11 Å². The first-order valence-corrected chi connectivity index (χ1v) is 5.02. The van der Waals surface area contributed by atoms with Crippen LogP contribution in [0.4, 0.5) is 0 Å². The molecule has 0 aromatic heterocycles. The average Bonchev–Trinajstić information content (AvgIpc) is 2.12. The Bertz CT molecular complexity index is 177. The van der Waals surface area contributed by atoms with E-state index in [-0.39, 0.29) is 18.8 Å². The molecule has 0 amide bonds. The van der Waals surface area contributed by atoms with Gasteiger partial charge >= 0.3 is 5.97 Å². The van der Waals surface area contributed by atoms with Crippen molar-refractivity contribution in [3.05, 3.63) is 0 Å². The maximum Gasteiger partial charge on any atom is 0.305 e. The fraction of sp³-hybridized carbons (Fsp3) is 0.800. The number of hydrogen-bond acceptors (Lipinski definition) is 4. The maximum atomic E-state index is 11.0. The Labute approximate surface area is 84.3 Å². The summed E-state index contributed by atoms with van der Waals surface area (Å²) < 4.78 is 4.87. The Hall–Kier alpha value is -1.06. The van der Waals surface area contributed by atoms with E-state index in [2.05, 4.69) is 6.92 Å². The van der Waals surface area contributed by atoms with Gasteiger partial charge in [-0.25, -0.2) is 0 Å². The van der Waals surface area contributed by atoms with Crippen LogP contribution >= 0.6 is 0 Å². The van der Waals surface area contributed by atoms with Crippen LogP contribution in [0, 0.1) is 0 Å². The molecule has 0 atom stereocenters. The topological polar surface area (TPSA) is 66.4 Å². The van der Waals surface area contributed by atoms with Crippen LogP contribution in [0.15, 0.2) is 0 Å². The van der Waals surface area contributed by atoms with E-state index in [0.29, 0.717) is 13.0 Å². The Morgan fingerprint density at radius 3 is 2.43 bits per heavy atom. The Kier molecular flexibility index (Phi) is 7.89. The second-order valence-corrected chi connectivity index (χ2v) is 3.15. The summed E-state index contributed by atoms with van der Waals surface area (Å²) in [7, 11) is 0. The largest absolute Gasteiger partial charge is 0.550 e. The molecule has 0 saturated heterocycles. The van der Waals surface area contributed by atoms with E-state index in [9.17, 15) is 14.7 Å². The molecule has 0 N–H and O–H groups in total. The fourth-order valence-corrected chi connectivity index (χ4v) is 0.987. The van der Waals surface area contributed by atoms with Gasteiger partial charge in [0.25, 0.3) is 0 Å². The molecule has 0 heterocycles. The molecule has 0 spiro atoms. The van der Waals surface area contributed by atoms with Gasteiger partial charge < -0.3 is 14.6 Å². The van der Waals surface area contributed by atoms with Crippen molar-refractivity contribution in [3.63, 3.8) is 0 Å². The maximum absolute atomic E-state index is 11.0. The number of carboxylic acids is 1. The first kappa shape index (κ1) is 12.9. The van der Waals surface area contributed by atoms with Gasteiger partial charge in [-0.2, -0.15) is 0 Å². The third-order valence-electron chi connectivity index (χ3n) is 1.77. The van der Waals surface area contributed by atoms with Crippen molar-refractivity contribution in [3.8, 4) is 0 Å². The normalized spacial score (nSPS) is 9.79. The Balaban J connectivity index is 3.24. The minimum atomic E-state index is -1.12. The molecule has 4 nitrogen and oxygen atoms in total. The molecule has 82 valence electrons. The molecule has 0 aliphatic rings. The highest BCUT2D eigenvalue weighted by molar-refractivity contribution is 5.70. The summed E-state index contributed by atoms with van der Waals surface area (Å²) in [4.78, 5) is 21.0. The van der Waals surface area contributed by atoms with Crippen molar-refractivity contribution in [2.24, 2.45) is 0 Å². The predicted octanol–water partition coefficient (Wildman–Crippen LogP) is 0.640. The van der Waals surface area contributed by atoms with E-state index in [1.54, 1.807) is 0 Å². The standard InChI is InChI=1S/C10H18O4/c1-2-3-4-8-14-10(13)7-5-6-9(11)12/h2-8H2,1H3,(H,11,12)/p-1. The van der Waals surface area contributed by atoms with E-state index in [1.165, 1.54) is 0 Å². The minimum absolute atomic E-state index is 0.0793. The lowest BCUT2D eigenvalue weighted by atomic mass is 10.2. The molecular formula is C10H17O4-. The molecule has 0 radical (unpaired) electrons. The number of hydrogen-bond donors (Lipinski definition) is 0. The number of unbranched alkanes of at least 4 members (excludes halogenated alkanes) is 2. The predicted molar refractivity (Wildman–Crippen MR) is 49.3 cm³/mol. The van der Waals surface area contributed by atoms with E-state index in [4.69, 9.17) is 4.74 Å². The smallest absolute Gasteiger partial charge is 0.305 e. The van der Waals surface area contributed by atoms with Gasteiger partial charge in [0.1, 0.15) is 0 Å². The monoisotopic (exact) mass is 201 g/mol. The second-order valence-electron chi connectivity index (χ2n) is 3.15. The molecule has 0 aromatic rings. The van der Waals surface area contributed by atoms with Crippen LogP contribution in [-0.4, -0.2) is 18.5 Å². The number of carboxylic acid groups (broad SMARTS) is 1. The summed E-state index contributed by atoms with van der Waals surface area (Å²) in [6.07, 6.45) is 3.40. The van der Waals surface area contributed by atoms with Crippen molar-refractivity contribution in [1.29, 1.82) is 0 Å². The van der Waals surface area contributed by atoms with Gasteiger partial charge in [0, 0.05) is 12.4 Å². The highest BCUT2D eigenvalue weighted by Gasteiger charge is 2.01. The zero-order valence-electron chi connectivity index (χ0n) is 8.58. The summed E-state index contributed by atoms with van der Waals surface area (Å²) >= 11 is 0. The zero-order valence-corrected chi connectivity index (χ0v) is 8.58. The van der Waals surface area contributed by atoms with Gasteiger partial charge in [0.15, 0.2) is 0 Å². The van der Waals surface area contributed by atoms with E-state index in [0.717, 1.165) is 19.3 Å². The first-order chi connectivity index (χ1) is 6.66. The lowest BCUT2D eigenvalue weighted by Gasteiger charge is -2.04. The number of ether oxygens (including phenoxy) is 1. The van der Waals surface area contributed by atoms with Gasteiger partial charge in [-0.3, -0.25) is 4.79 Å². The molecule has 0 fully saturated rings. The van der Waals surface area contributed by atoms with Gasteiger partial charge in [-0.05, 0) is 19.3 Å². The molecule has 4 heteroatoms. The van der Waals surface area contributed by atoms with Gasteiger partial charge in [0.2, 0.25) is 0 Å². The molecule has 14 heavy (non-hydrogen) atoms. The Morgan fingerprint density at radius 2 is 1.86 bits per heavy atom. The summed E-state index contributed by atoms with van der Waals surface area (Å²) in [6, 6.07) is 0. The summed E-state index contributed by atoms with van der Waals surface area (Å²) in [6.45, 7) is 2.51. The third kappa shape index (κ3) is 9.03. The molecule has 0 bridgehead atoms. The van der Waals surface area contributed by atoms with Crippen LogP contribution in [0.25, 0.3) is 0 Å². The average molecular weight is 201 g/mol. The van der Waals surface area contributed by atoms with Crippen LogP contribution in [0.2, 0.25) is 0 Å². The molecule has 0 rings (SSSR count). The van der Waals surface area contributed by atoms with Crippen molar-refractivity contribution in [2.75, 3.05) is 6.61 Å². The van der Waals surface area contributed by atoms with Crippen LogP contribution in [0.5, 0.6) is 0 Å². The van der Waals surface area contributed by atoms with Crippen molar-refractivity contribution in [1.82, 2.24) is 0 Å². The van der Waals surface area contributed by atoms with Crippen molar-refractivity contribution in [2.45, 2.75) is 45.4 Å². The Morgan fingerprint density at radius 1 is 1.14 bits per heavy atom. The molecule has 0 aliphatic heterocycles. The van der Waals surface area contributed by atoms with E-state index >= 15 is 0 Å². The number of carbonyl (C=O) groups is 2. The number of carbonyl (C=O) groups excluding carboxylic acids is 2. The van der Waals surface area contributed by atoms with Crippen LogP contribution in [0.1, 0.15) is 45.4 Å². The van der Waals surface area contributed by atoms with E-state index < -0.39 is 5.97 Å². The van der Waals surface area contributed by atoms with Gasteiger partial charge in [-0.15, -0.1) is 0 Å². The van der Waals surface area contributed by atoms with E-state index in [1.807, 2.05) is 0 Å². The van der Waals surface area contributed by atoms with Gasteiger partial charge in [0.05, 0.1) is 6.61 Å². The number of esters is 1. The molecule has 0 aliphatic carbocycles. The fourth-order valence-electron chi connectivity index (χ4n) is 0.987. The number of aliphatic carboxylic acids is 1. The summed E-state index contributed by atoms with van der Waals surface area (Å²) in [5.74, 6) is -1.44. The van der Waals surface area contributed by atoms with Crippen molar-refractivity contribution < 1.29 is 19.4 Å². The summed E-state index contributed by atoms with van der Waals surface area (Å²) in [5.41, 5.74) is 0. The van der Waals surface area contributed by atoms with Crippen molar-refractivity contribution >= 4 is 11.9 Å². The summed E-state index contributed by atoms with van der Waals surface area (Å²) in [5, 5.41) is 10.0. The third-order valence-corrected chi connectivity index (χ3v) is 1.77. The quantitative estimate of drug-likeness (QED) is 0.427. The molecular weight excluding hydrogens is 184 g/mol. The highest BCUT2D eigenvalue weighted by atomic mass is 16.5. The van der Waals surface area contributed by atoms with Crippen LogP contribution in [0.3, 0.4) is 0 Å². The zero-order chi connectivity index (χ0) is 10.8. The SMILES string of the molecule is CCCCCOC(=O)CCCC(=O)[O-]. The highest BCUT2D eigenvalue weighted by Crippen LogP contribution is 1.99.